The second-order valence-electron chi connectivity index (χ2n) is 6.94. The van der Waals surface area contributed by atoms with Gasteiger partial charge in [0, 0.05) is 38.6 Å². The van der Waals surface area contributed by atoms with E-state index in [0.717, 1.165) is 6.42 Å². The molecule has 0 aromatic heterocycles. The number of carbonyl (C=O) groups is 1. The second kappa shape index (κ2) is 7.56. The van der Waals surface area contributed by atoms with E-state index in [0.29, 0.717) is 51.1 Å². The summed E-state index contributed by atoms with van der Waals surface area (Å²) in [7, 11) is 1.90. The summed E-state index contributed by atoms with van der Waals surface area (Å²) in [6, 6.07) is 0.325. The average Bonchev–Trinajstić information content (AvgIpc) is 2.41. The lowest BCUT2D eigenvalue weighted by Crippen LogP contribution is -2.50. The molecule has 2 aliphatic rings. The van der Waals surface area contributed by atoms with Gasteiger partial charge in [0.15, 0.2) is 0 Å². The number of hydrogen-bond acceptors (Lipinski definition) is 4. The molecule has 1 amide bonds. The highest BCUT2D eigenvalue weighted by molar-refractivity contribution is 5.78. The maximum atomic E-state index is 12.2. The molecule has 0 aromatic rings. The zero-order valence-electron chi connectivity index (χ0n) is 13.4. The molecule has 2 N–H and O–H groups in total. The number of rotatable bonds is 5. The fourth-order valence-electron chi connectivity index (χ4n) is 3.50. The highest BCUT2D eigenvalue weighted by atomic mass is 16.5. The van der Waals surface area contributed by atoms with E-state index in [1.807, 2.05) is 11.9 Å². The Morgan fingerprint density at radius 1 is 1.33 bits per heavy atom. The maximum absolute atomic E-state index is 12.2. The summed E-state index contributed by atoms with van der Waals surface area (Å²) in [4.78, 5) is 14.1. The molecule has 2 rings (SSSR count). The van der Waals surface area contributed by atoms with Gasteiger partial charge in [-0.25, -0.2) is 0 Å². The Labute approximate surface area is 128 Å². The lowest BCUT2D eigenvalue weighted by Gasteiger charge is -2.35. The van der Waals surface area contributed by atoms with Crippen LogP contribution in [0.3, 0.4) is 0 Å². The van der Waals surface area contributed by atoms with Gasteiger partial charge in [-0.05, 0) is 25.8 Å². The molecule has 1 saturated heterocycles. The van der Waals surface area contributed by atoms with Crippen molar-refractivity contribution in [2.24, 2.45) is 5.92 Å². The van der Waals surface area contributed by atoms with Gasteiger partial charge in [-0.3, -0.25) is 9.69 Å². The minimum absolute atomic E-state index is 0.0758. The second-order valence-corrected chi connectivity index (χ2v) is 6.94. The van der Waals surface area contributed by atoms with Crippen molar-refractivity contribution in [3.8, 4) is 0 Å². The molecule has 0 radical (unpaired) electrons. The molecule has 0 bridgehead atoms. The summed E-state index contributed by atoms with van der Waals surface area (Å²) in [6.45, 7) is 4.32. The van der Waals surface area contributed by atoms with Crippen LogP contribution in [0.15, 0.2) is 0 Å². The van der Waals surface area contributed by atoms with E-state index in [1.165, 1.54) is 19.3 Å². The number of ether oxygens (including phenoxy) is 1. The minimum Gasteiger partial charge on any atom is -0.388 e. The third-order valence-corrected chi connectivity index (χ3v) is 4.86. The van der Waals surface area contributed by atoms with Crippen LogP contribution in [0.5, 0.6) is 0 Å². The quantitative estimate of drug-likeness (QED) is 0.799. The average molecular weight is 298 g/mol. The third kappa shape index (κ3) is 5.24. The van der Waals surface area contributed by atoms with Crippen LogP contribution in [0.4, 0.5) is 0 Å². The van der Waals surface area contributed by atoms with Gasteiger partial charge in [-0.2, -0.15) is 0 Å². The van der Waals surface area contributed by atoms with E-state index in [-0.39, 0.29) is 5.91 Å². The Morgan fingerprint density at radius 2 is 2.00 bits per heavy atom. The van der Waals surface area contributed by atoms with Gasteiger partial charge in [-0.15, -0.1) is 0 Å². The molecule has 21 heavy (non-hydrogen) atoms. The van der Waals surface area contributed by atoms with Crippen molar-refractivity contribution < 1.29 is 14.6 Å². The fraction of sp³-hybridized carbons (Fsp3) is 0.938. The molecular weight excluding hydrogens is 268 g/mol. The van der Waals surface area contributed by atoms with Crippen molar-refractivity contribution in [3.05, 3.63) is 0 Å². The number of aliphatic hydroxyl groups is 1. The van der Waals surface area contributed by atoms with E-state index in [2.05, 4.69) is 12.2 Å². The molecule has 2 unspecified atom stereocenters. The summed E-state index contributed by atoms with van der Waals surface area (Å²) < 4.78 is 5.28. The van der Waals surface area contributed by atoms with E-state index in [1.54, 1.807) is 0 Å². The molecule has 1 saturated carbocycles. The normalized spacial score (nSPS) is 29.3. The van der Waals surface area contributed by atoms with Gasteiger partial charge < -0.3 is 15.2 Å². The first-order valence-electron chi connectivity index (χ1n) is 8.26. The number of likely N-dealkylation sites (N-methyl/N-ethyl adjacent to an activating group) is 1. The van der Waals surface area contributed by atoms with Crippen LogP contribution in [-0.4, -0.2) is 60.9 Å². The monoisotopic (exact) mass is 298 g/mol. The molecule has 1 heterocycles. The van der Waals surface area contributed by atoms with Gasteiger partial charge in [0.05, 0.1) is 12.1 Å². The Balaban J connectivity index is 1.73. The molecule has 5 heteroatoms. The SMILES string of the molecule is CC1CCCCC1NC(=O)CN(C)CC1(O)CCOCC1. The van der Waals surface area contributed by atoms with Crippen molar-refractivity contribution in [2.45, 2.75) is 57.1 Å². The molecular formula is C16H30N2O3. The summed E-state index contributed by atoms with van der Waals surface area (Å²) in [5.41, 5.74) is -0.703. The van der Waals surface area contributed by atoms with E-state index in [4.69, 9.17) is 4.74 Å². The fourth-order valence-corrected chi connectivity index (χ4v) is 3.50. The number of hydrogen-bond donors (Lipinski definition) is 2. The van der Waals surface area contributed by atoms with E-state index < -0.39 is 5.60 Å². The van der Waals surface area contributed by atoms with Crippen LogP contribution in [0, 0.1) is 5.92 Å². The van der Waals surface area contributed by atoms with Crippen LogP contribution < -0.4 is 5.32 Å². The van der Waals surface area contributed by atoms with Crippen LogP contribution in [0.1, 0.15) is 45.4 Å². The predicted molar refractivity (Wildman–Crippen MR) is 82.1 cm³/mol. The summed E-state index contributed by atoms with van der Waals surface area (Å²) in [5.74, 6) is 0.652. The van der Waals surface area contributed by atoms with Crippen LogP contribution in [0.25, 0.3) is 0 Å². The molecule has 2 atom stereocenters. The number of amides is 1. The highest BCUT2D eigenvalue weighted by Crippen LogP contribution is 2.24. The summed E-state index contributed by atoms with van der Waals surface area (Å²) in [5, 5.41) is 13.6. The molecule has 122 valence electrons. The van der Waals surface area contributed by atoms with Gasteiger partial charge in [-0.1, -0.05) is 19.8 Å². The first kappa shape index (κ1) is 16.7. The van der Waals surface area contributed by atoms with Crippen LogP contribution in [0.2, 0.25) is 0 Å². The topological polar surface area (TPSA) is 61.8 Å². The van der Waals surface area contributed by atoms with Gasteiger partial charge in [0.2, 0.25) is 5.91 Å². The van der Waals surface area contributed by atoms with Crippen molar-refractivity contribution >= 4 is 5.91 Å². The Bertz CT molecular complexity index is 342. The van der Waals surface area contributed by atoms with Crippen molar-refractivity contribution in [1.82, 2.24) is 10.2 Å². The smallest absolute Gasteiger partial charge is 0.234 e. The molecule has 0 aromatic carbocycles. The Morgan fingerprint density at radius 3 is 2.67 bits per heavy atom. The summed E-state index contributed by atoms with van der Waals surface area (Å²) in [6.07, 6.45) is 6.10. The predicted octanol–water partition coefficient (Wildman–Crippen LogP) is 1.15. The molecule has 5 nitrogen and oxygen atoms in total. The van der Waals surface area contributed by atoms with Crippen LogP contribution >= 0.6 is 0 Å². The first-order chi connectivity index (χ1) is 9.98. The number of nitrogens with zero attached hydrogens (tertiary/aromatic N) is 1. The van der Waals surface area contributed by atoms with E-state index >= 15 is 0 Å². The maximum Gasteiger partial charge on any atom is 0.234 e. The molecule has 1 aliphatic heterocycles. The Hall–Kier alpha value is -0.650. The molecule has 0 spiro atoms. The summed E-state index contributed by atoms with van der Waals surface area (Å²) >= 11 is 0. The van der Waals surface area contributed by atoms with E-state index in [9.17, 15) is 9.90 Å². The van der Waals surface area contributed by atoms with Gasteiger partial charge in [0.25, 0.3) is 0 Å². The van der Waals surface area contributed by atoms with Crippen molar-refractivity contribution in [3.63, 3.8) is 0 Å². The lowest BCUT2D eigenvalue weighted by molar-refractivity contribution is -0.124. The molecule has 2 fully saturated rings. The van der Waals surface area contributed by atoms with Gasteiger partial charge in [0.1, 0.15) is 0 Å². The minimum atomic E-state index is -0.703. The first-order valence-corrected chi connectivity index (χ1v) is 8.26. The van der Waals surface area contributed by atoms with Crippen molar-refractivity contribution in [2.75, 3.05) is 33.4 Å². The lowest BCUT2D eigenvalue weighted by atomic mass is 9.86. The highest BCUT2D eigenvalue weighted by Gasteiger charge is 2.31. The zero-order chi connectivity index (χ0) is 15.3. The third-order valence-electron chi connectivity index (χ3n) is 4.86. The Kier molecular flexibility index (Phi) is 6.02. The number of nitrogens with one attached hydrogen (secondary N) is 1. The largest absolute Gasteiger partial charge is 0.388 e. The van der Waals surface area contributed by atoms with Crippen LogP contribution in [-0.2, 0) is 9.53 Å². The molecule has 1 aliphatic carbocycles. The van der Waals surface area contributed by atoms with Crippen molar-refractivity contribution in [1.29, 1.82) is 0 Å². The standard InChI is InChI=1S/C16H30N2O3/c1-13-5-3-4-6-14(13)17-15(19)11-18(2)12-16(20)7-9-21-10-8-16/h13-14,20H,3-12H2,1-2H3,(H,17,19). The van der Waals surface area contributed by atoms with Gasteiger partial charge >= 0.3 is 0 Å². The number of carbonyl (C=O) groups excluding carboxylic acids is 1. The zero-order valence-corrected chi connectivity index (χ0v) is 13.4.